The maximum atomic E-state index is 11.9. The lowest BCUT2D eigenvalue weighted by Crippen LogP contribution is -2.31. The summed E-state index contributed by atoms with van der Waals surface area (Å²) in [6.45, 7) is 2.37. The molecule has 8 nitrogen and oxygen atoms in total. The highest BCUT2D eigenvalue weighted by Crippen LogP contribution is 2.28. The van der Waals surface area contributed by atoms with E-state index in [2.05, 4.69) is 10.6 Å². The van der Waals surface area contributed by atoms with Gasteiger partial charge in [-0.1, -0.05) is 11.6 Å². The first kappa shape index (κ1) is 16.7. The van der Waals surface area contributed by atoms with E-state index in [0.29, 0.717) is 6.54 Å². The Hall–Kier alpha value is -2.35. The summed E-state index contributed by atoms with van der Waals surface area (Å²) in [5.41, 5.74) is 5.17. The molecule has 0 heterocycles. The van der Waals surface area contributed by atoms with Crippen LogP contribution in [-0.4, -0.2) is 29.8 Å². The Labute approximate surface area is 125 Å². The molecule has 1 aromatic rings. The van der Waals surface area contributed by atoms with Gasteiger partial charge in [0.05, 0.1) is 21.2 Å². The molecule has 114 valence electrons. The third-order valence-electron chi connectivity index (χ3n) is 2.58. The van der Waals surface area contributed by atoms with Crippen LogP contribution in [0.4, 0.5) is 11.4 Å². The number of hydrogen-bond acceptors (Lipinski definition) is 5. The van der Waals surface area contributed by atoms with Crippen molar-refractivity contribution in [3.05, 3.63) is 32.8 Å². The number of nitrogens with zero attached hydrogens (tertiary/aromatic N) is 1. The minimum Gasteiger partial charge on any atom is -0.397 e. The van der Waals surface area contributed by atoms with Crippen LogP contribution < -0.4 is 16.4 Å². The van der Waals surface area contributed by atoms with Crippen molar-refractivity contribution in [3.63, 3.8) is 0 Å². The number of non-ortho nitro benzene ring substituents is 1. The van der Waals surface area contributed by atoms with E-state index in [4.69, 9.17) is 17.3 Å². The number of benzene rings is 1. The molecule has 0 atom stereocenters. The molecule has 0 aliphatic carbocycles. The third kappa shape index (κ3) is 4.60. The van der Waals surface area contributed by atoms with Crippen LogP contribution in [0.1, 0.15) is 23.7 Å². The van der Waals surface area contributed by atoms with Gasteiger partial charge in [0, 0.05) is 31.6 Å². The fourth-order valence-electron chi connectivity index (χ4n) is 1.57. The largest absolute Gasteiger partial charge is 0.397 e. The second-order valence-electron chi connectivity index (χ2n) is 4.11. The van der Waals surface area contributed by atoms with Crippen LogP contribution in [-0.2, 0) is 4.79 Å². The van der Waals surface area contributed by atoms with Crippen LogP contribution in [0.5, 0.6) is 0 Å². The Morgan fingerprint density at radius 2 is 2.05 bits per heavy atom. The molecule has 21 heavy (non-hydrogen) atoms. The number of halogens is 1. The number of amides is 2. The van der Waals surface area contributed by atoms with E-state index in [1.165, 1.54) is 0 Å². The number of hydrogen-bond donors (Lipinski definition) is 3. The average molecular weight is 315 g/mol. The number of nitrogens with two attached hydrogens (primary N) is 1. The number of nitro groups is 1. The minimum atomic E-state index is -0.670. The molecule has 0 aliphatic rings. The van der Waals surface area contributed by atoms with Crippen molar-refractivity contribution in [2.75, 3.05) is 18.8 Å². The Morgan fingerprint density at radius 3 is 2.62 bits per heavy atom. The molecule has 0 saturated heterocycles. The number of carbonyl (C=O) groups is 2. The fraction of sp³-hybridized carbons (Fsp3) is 0.333. The van der Waals surface area contributed by atoms with Crippen molar-refractivity contribution in [3.8, 4) is 0 Å². The molecule has 0 aliphatic heterocycles. The zero-order valence-electron chi connectivity index (χ0n) is 11.3. The van der Waals surface area contributed by atoms with Crippen molar-refractivity contribution in [1.82, 2.24) is 10.6 Å². The standard InChI is InChI=1S/C12H15ClN4O4/c1-2-15-10(18)3-4-16-12(19)8-5-7(17(20)21)6-9(13)11(8)14/h5-6H,2-4,14H2,1H3,(H,15,18)(H,16,19). The second-order valence-corrected chi connectivity index (χ2v) is 4.51. The summed E-state index contributed by atoms with van der Waals surface area (Å²) in [5, 5.41) is 15.7. The molecular formula is C12H15ClN4O4. The Morgan fingerprint density at radius 1 is 1.38 bits per heavy atom. The van der Waals surface area contributed by atoms with E-state index in [0.717, 1.165) is 12.1 Å². The van der Waals surface area contributed by atoms with Crippen molar-refractivity contribution < 1.29 is 14.5 Å². The van der Waals surface area contributed by atoms with Crippen LogP contribution in [0.25, 0.3) is 0 Å². The van der Waals surface area contributed by atoms with Crippen molar-refractivity contribution in [2.24, 2.45) is 0 Å². The van der Waals surface area contributed by atoms with Gasteiger partial charge in [0.25, 0.3) is 11.6 Å². The summed E-state index contributed by atoms with van der Waals surface area (Å²) < 4.78 is 0. The number of nitro benzene ring substituents is 1. The molecule has 0 bridgehead atoms. The van der Waals surface area contributed by atoms with Gasteiger partial charge in [-0.3, -0.25) is 19.7 Å². The van der Waals surface area contributed by atoms with Gasteiger partial charge in [-0.15, -0.1) is 0 Å². The van der Waals surface area contributed by atoms with E-state index >= 15 is 0 Å². The fourth-order valence-corrected chi connectivity index (χ4v) is 1.78. The summed E-state index contributed by atoms with van der Waals surface area (Å²) in [6.07, 6.45) is 0.0993. The summed E-state index contributed by atoms with van der Waals surface area (Å²) in [4.78, 5) is 33.2. The van der Waals surface area contributed by atoms with E-state index in [1.54, 1.807) is 6.92 Å². The molecule has 1 rings (SSSR count). The number of nitrogen functional groups attached to an aromatic ring is 1. The molecule has 9 heteroatoms. The van der Waals surface area contributed by atoms with Crippen LogP contribution in [0.2, 0.25) is 5.02 Å². The monoisotopic (exact) mass is 314 g/mol. The van der Waals surface area contributed by atoms with Crippen molar-refractivity contribution in [1.29, 1.82) is 0 Å². The van der Waals surface area contributed by atoms with E-state index in [-0.39, 0.29) is 40.8 Å². The molecule has 0 aromatic heterocycles. The number of anilines is 1. The van der Waals surface area contributed by atoms with E-state index in [1.807, 2.05) is 0 Å². The SMILES string of the molecule is CCNC(=O)CCNC(=O)c1cc([N+](=O)[O-])cc(Cl)c1N. The van der Waals surface area contributed by atoms with Gasteiger partial charge in [0.2, 0.25) is 5.91 Å². The van der Waals surface area contributed by atoms with Gasteiger partial charge >= 0.3 is 0 Å². The highest BCUT2D eigenvalue weighted by Gasteiger charge is 2.18. The van der Waals surface area contributed by atoms with Gasteiger partial charge < -0.3 is 16.4 Å². The van der Waals surface area contributed by atoms with Gasteiger partial charge in [-0.25, -0.2) is 0 Å². The van der Waals surface area contributed by atoms with Crippen LogP contribution in [0.3, 0.4) is 0 Å². The number of carbonyl (C=O) groups excluding carboxylic acids is 2. The van der Waals surface area contributed by atoms with Gasteiger partial charge in [-0.05, 0) is 6.92 Å². The minimum absolute atomic E-state index is 0.0437. The topological polar surface area (TPSA) is 127 Å². The number of nitrogens with one attached hydrogen (secondary N) is 2. The predicted molar refractivity (Wildman–Crippen MR) is 78.2 cm³/mol. The van der Waals surface area contributed by atoms with Crippen molar-refractivity contribution in [2.45, 2.75) is 13.3 Å². The zero-order chi connectivity index (χ0) is 16.0. The lowest BCUT2D eigenvalue weighted by Gasteiger charge is -2.08. The molecule has 0 spiro atoms. The highest BCUT2D eigenvalue weighted by molar-refractivity contribution is 6.34. The van der Waals surface area contributed by atoms with Crippen LogP contribution >= 0.6 is 11.6 Å². The second kappa shape index (κ2) is 7.44. The Bertz CT molecular complexity index is 577. The maximum Gasteiger partial charge on any atom is 0.271 e. The first-order valence-corrected chi connectivity index (χ1v) is 6.53. The lowest BCUT2D eigenvalue weighted by molar-refractivity contribution is -0.384. The third-order valence-corrected chi connectivity index (χ3v) is 2.89. The van der Waals surface area contributed by atoms with Gasteiger partial charge in [0.15, 0.2) is 0 Å². The molecule has 0 unspecified atom stereocenters. The average Bonchev–Trinajstić information content (AvgIpc) is 2.41. The first-order valence-electron chi connectivity index (χ1n) is 6.15. The smallest absolute Gasteiger partial charge is 0.271 e. The Kier molecular flexibility index (Phi) is 5.92. The van der Waals surface area contributed by atoms with Gasteiger partial charge in [0.1, 0.15) is 0 Å². The maximum absolute atomic E-state index is 11.9. The van der Waals surface area contributed by atoms with Crippen LogP contribution in [0.15, 0.2) is 12.1 Å². The summed E-state index contributed by atoms with van der Waals surface area (Å²) in [7, 11) is 0. The van der Waals surface area contributed by atoms with E-state index in [9.17, 15) is 19.7 Å². The molecule has 0 saturated carbocycles. The highest BCUT2D eigenvalue weighted by atomic mass is 35.5. The number of rotatable bonds is 6. The van der Waals surface area contributed by atoms with Gasteiger partial charge in [-0.2, -0.15) is 0 Å². The molecule has 0 radical (unpaired) electrons. The van der Waals surface area contributed by atoms with Crippen LogP contribution in [0, 0.1) is 10.1 Å². The van der Waals surface area contributed by atoms with E-state index < -0.39 is 10.8 Å². The molecule has 2 amide bonds. The molecule has 4 N–H and O–H groups in total. The zero-order valence-corrected chi connectivity index (χ0v) is 12.1. The summed E-state index contributed by atoms with van der Waals surface area (Å²) >= 11 is 5.76. The van der Waals surface area contributed by atoms with Crippen molar-refractivity contribution >= 4 is 34.8 Å². The quantitative estimate of drug-likeness (QED) is 0.411. The molecule has 0 fully saturated rings. The molecular weight excluding hydrogens is 300 g/mol. The Balaban J connectivity index is 2.78. The predicted octanol–water partition coefficient (Wildman–Crippen LogP) is 1.09. The summed E-state index contributed by atoms with van der Waals surface area (Å²) in [5.74, 6) is -0.828. The molecule has 1 aromatic carbocycles. The summed E-state index contributed by atoms with van der Waals surface area (Å²) in [6, 6.07) is 2.12. The lowest BCUT2D eigenvalue weighted by atomic mass is 10.1. The first-order chi connectivity index (χ1) is 9.86. The normalized spacial score (nSPS) is 10.0.